The summed E-state index contributed by atoms with van der Waals surface area (Å²) in [7, 11) is 7.33. The van der Waals surface area contributed by atoms with Gasteiger partial charge in [0.1, 0.15) is 0 Å². The summed E-state index contributed by atoms with van der Waals surface area (Å²) < 4.78 is 0. The molecule has 5 heteroatoms. The number of nitrogens with zero attached hydrogens (tertiary/aromatic N) is 2. The van der Waals surface area contributed by atoms with Crippen molar-refractivity contribution in [1.29, 1.82) is 0 Å². The van der Waals surface area contributed by atoms with E-state index in [0.29, 0.717) is 11.1 Å². The van der Waals surface area contributed by atoms with Gasteiger partial charge < -0.3 is 15.1 Å². The van der Waals surface area contributed by atoms with Gasteiger partial charge in [0.15, 0.2) is 0 Å². The minimum atomic E-state index is -0.156. The van der Waals surface area contributed by atoms with E-state index in [9.17, 15) is 9.59 Å². The molecule has 0 aliphatic carbocycles. The second-order valence-electron chi connectivity index (χ2n) is 6.20. The lowest BCUT2D eigenvalue weighted by molar-refractivity contribution is 0.0827. The average Bonchev–Trinajstić information content (AvgIpc) is 2.65. The van der Waals surface area contributed by atoms with E-state index in [0.717, 1.165) is 11.3 Å². The minimum Gasteiger partial charge on any atom is -0.378 e. The molecule has 0 aliphatic heterocycles. The van der Waals surface area contributed by atoms with Crippen LogP contribution < -0.4 is 10.2 Å². The molecule has 134 valence electrons. The summed E-state index contributed by atoms with van der Waals surface area (Å²) in [4.78, 5) is 27.4. The number of carbonyl (C=O) groups excluding carboxylic acids is 2. The molecule has 0 fully saturated rings. The lowest BCUT2D eigenvalue weighted by atomic mass is 10.1. The maximum absolute atomic E-state index is 12.1. The van der Waals surface area contributed by atoms with Gasteiger partial charge in [-0.1, -0.05) is 11.8 Å². The van der Waals surface area contributed by atoms with E-state index >= 15 is 0 Å². The van der Waals surface area contributed by atoms with Crippen molar-refractivity contribution in [2.24, 2.45) is 0 Å². The Labute approximate surface area is 154 Å². The molecule has 0 bridgehead atoms. The van der Waals surface area contributed by atoms with Crippen LogP contribution in [0.15, 0.2) is 48.5 Å². The van der Waals surface area contributed by atoms with Gasteiger partial charge in [0.05, 0.1) is 6.54 Å². The van der Waals surface area contributed by atoms with E-state index in [2.05, 4.69) is 17.2 Å². The van der Waals surface area contributed by atoms with E-state index in [4.69, 9.17) is 0 Å². The van der Waals surface area contributed by atoms with E-state index in [1.807, 2.05) is 31.1 Å². The highest BCUT2D eigenvalue weighted by Gasteiger charge is 2.06. The van der Waals surface area contributed by atoms with Crippen molar-refractivity contribution in [3.8, 4) is 11.8 Å². The Morgan fingerprint density at radius 2 is 1.46 bits per heavy atom. The van der Waals surface area contributed by atoms with Crippen molar-refractivity contribution in [3.05, 3.63) is 65.2 Å². The number of rotatable bonds is 4. The fourth-order valence-corrected chi connectivity index (χ4v) is 2.24. The number of hydrogen-bond donors (Lipinski definition) is 1. The van der Waals surface area contributed by atoms with Crippen LogP contribution in [-0.2, 0) is 0 Å². The Bertz CT molecular complexity index is 826. The molecule has 0 atom stereocenters. The molecule has 0 aromatic heterocycles. The molecule has 26 heavy (non-hydrogen) atoms. The highest BCUT2D eigenvalue weighted by molar-refractivity contribution is 5.95. The second-order valence-corrected chi connectivity index (χ2v) is 6.20. The molecule has 0 unspecified atom stereocenters. The average molecular weight is 349 g/mol. The van der Waals surface area contributed by atoms with E-state index in [1.165, 1.54) is 4.90 Å². The molecule has 2 aromatic carbocycles. The first-order valence-corrected chi connectivity index (χ1v) is 8.24. The third-order valence-corrected chi connectivity index (χ3v) is 3.75. The summed E-state index contributed by atoms with van der Waals surface area (Å²) >= 11 is 0. The maximum Gasteiger partial charge on any atom is 0.253 e. The molecule has 0 saturated carbocycles. The minimum absolute atomic E-state index is 0.0444. The summed E-state index contributed by atoms with van der Waals surface area (Å²) in [6.45, 7) is 0.257. The van der Waals surface area contributed by atoms with Crippen molar-refractivity contribution >= 4 is 17.5 Å². The molecule has 0 spiro atoms. The van der Waals surface area contributed by atoms with Crippen LogP contribution in [0.1, 0.15) is 26.3 Å². The van der Waals surface area contributed by atoms with E-state index in [1.54, 1.807) is 50.5 Å². The van der Waals surface area contributed by atoms with Gasteiger partial charge in [-0.25, -0.2) is 0 Å². The fraction of sp³-hybridized carbons (Fsp3) is 0.238. The van der Waals surface area contributed by atoms with Gasteiger partial charge in [-0.3, -0.25) is 9.59 Å². The van der Waals surface area contributed by atoms with Crippen LogP contribution in [0.5, 0.6) is 0 Å². The molecule has 2 amide bonds. The highest BCUT2D eigenvalue weighted by Crippen LogP contribution is 2.12. The first-order chi connectivity index (χ1) is 12.4. The lowest BCUT2D eigenvalue weighted by Crippen LogP contribution is -2.23. The van der Waals surface area contributed by atoms with Crippen LogP contribution in [0.3, 0.4) is 0 Å². The standard InChI is InChI=1S/C21H23N3O2/c1-23(2)19-13-11-17(12-14-19)20(25)22-15-5-6-16-7-9-18(10-8-16)21(26)24(3)4/h7-14H,15H2,1-4H3,(H,22,25). The van der Waals surface area contributed by atoms with Gasteiger partial charge in [-0.15, -0.1) is 0 Å². The van der Waals surface area contributed by atoms with E-state index in [-0.39, 0.29) is 18.4 Å². The Morgan fingerprint density at radius 1 is 0.885 bits per heavy atom. The molecule has 0 heterocycles. The Hall–Kier alpha value is -3.26. The van der Waals surface area contributed by atoms with Crippen molar-refractivity contribution < 1.29 is 9.59 Å². The summed E-state index contributed by atoms with van der Waals surface area (Å²) in [5.41, 5.74) is 3.06. The van der Waals surface area contributed by atoms with Gasteiger partial charge in [-0.05, 0) is 48.5 Å². The molecule has 0 radical (unpaired) electrons. The number of amides is 2. The largest absolute Gasteiger partial charge is 0.378 e. The summed E-state index contributed by atoms with van der Waals surface area (Å²) in [6.07, 6.45) is 0. The topological polar surface area (TPSA) is 52.7 Å². The van der Waals surface area contributed by atoms with E-state index < -0.39 is 0 Å². The lowest BCUT2D eigenvalue weighted by Gasteiger charge is -2.12. The van der Waals surface area contributed by atoms with Gasteiger partial charge in [0, 0.05) is 50.6 Å². The van der Waals surface area contributed by atoms with Crippen LogP contribution in [0.2, 0.25) is 0 Å². The molecule has 0 aliphatic rings. The van der Waals surface area contributed by atoms with Gasteiger partial charge in [-0.2, -0.15) is 0 Å². The van der Waals surface area contributed by atoms with Crippen LogP contribution >= 0.6 is 0 Å². The fourth-order valence-electron chi connectivity index (χ4n) is 2.24. The smallest absolute Gasteiger partial charge is 0.253 e. The van der Waals surface area contributed by atoms with Crippen LogP contribution in [-0.4, -0.2) is 51.4 Å². The zero-order valence-corrected chi connectivity index (χ0v) is 15.5. The number of carbonyl (C=O) groups is 2. The molecule has 5 nitrogen and oxygen atoms in total. The van der Waals surface area contributed by atoms with Gasteiger partial charge in [0.2, 0.25) is 0 Å². The number of benzene rings is 2. The monoisotopic (exact) mass is 349 g/mol. The maximum atomic E-state index is 12.1. The Kier molecular flexibility index (Phi) is 6.40. The Balaban J connectivity index is 1.90. The second kappa shape index (κ2) is 8.72. The van der Waals surface area contributed by atoms with Crippen molar-refractivity contribution in [1.82, 2.24) is 10.2 Å². The SMILES string of the molecule is CN(C)C(=O)c1ccc(C#CCNC(=O)c2ccc(N(C)C)cc2)cc1. The summed E-state index contributed by atoms with van der Waals surface area (Å²) in [5, 5.41) is 2.78. The van der Waals surface area contributed by atoms with Crippen LogP contribution in [0, 0.1) is 11.8 Å². The normalized spacial score (nSPS) is 9.69. The highest BCUT2D eigenvalue weighted by atomic mass is 16.2. The third kappa shape index (κ3) is 5.12. The third-order valence-electron chi connectivity index (χ3n) is 3.75. The molecule has 2 rings (SSSR count). The zero-order valence-electron chi connectivity index (χ0n) is 15.5. The summed E-state index contributed by atoms with van der Waals surface area (Å²) in [6, 6.07) is 14.5. The zero-order chi connectivity index (χ0) is 19.1. The Morgan fingerprint density at radius 3 is 2.00 bits per heavy atom. The molecular formula is C21H23N3O2. The van der Waals surface area contributed by atoms with Crippen molar-refractivity contribution in [2.75, 3.05) is 39.6 Å². The van der Waals surface area contributed by atoms with Gasteiger partial charge >= 0.3 is 0 Å². The first-order valence-electron chi connectivity index (χ1n) is 8.24. The molecular weight excluding hydrogens is 326 g/mol. The van der Waals surface area contributed by atoms with Crippen LogP contribution in [0.4, 0.5) is 5.69 Å². The number of nitrogens with one attached hydrogen (secondary N) is 1. The van der Waals surface area contributed by atoms with Crippen molar-refractivity contribution in [3.63, 3.8) is 0 Å². The number of hydrogen-bond acceptors (Lipinski definition) is 3. The van der Waals surface area contributed by atoms with Gasteiger partial charge in [0.25, 0.3) is 11.8 Å². The predicted molar refractivity (Wildman–Crippen MR) is 104 cm³/mol. The quantitative estimate of drug-likeness (QED) is 0.862. The first kappa shape index (κ1) is 19.1. The molecule has 0 saturated heterocycles. The van der Waals surface area contributed by atoms with Crippen molar-refractivity contribution in [2.45, 2.75) is 0 Å². The number of anilines is 1. The van der Waals surface area contributed by atoms with Crippen LogP contribution in [0.25, 0.3) is 0 Å². The summed E-state index contributed by atoms with van der Waals surface area (Å²) in [5.74, 6) is 5.69. The predicted octanol–water partition coefficient (Wildman–Crippen LogP) is 2.24. The molecule has 1 N–H and O–H groups in total. The molecule has 2 aromatic rings.